The summed E-state index contributed by atoms with van der Waals surface area (Å²) in [5, 5.41) is 8.08. The lowest BCUT2D eigenvalue weighted by Gasteiger charge is -1.70. The third kappa shape index (κ3) is 26.6. The van der Waals surface area contributed by atoms with Crippen LogP contribution in [0, 0.1) is 0 Å². The van der Waals surface area contributed by atoms with Crippen LogP contribution in [0.5, 0.6) is 0 Å². The molecule has 1 unspecified atom stereocenters. The van der Waals surface area contributed by atoms with Crippen LogP contribution in [0.15, 0.2) is 25.3 Å². The molecule has 1 N–H and O–H groups in total. The van der Waals surface area contributed by atoms with Crippen molar-refractivity contribution < 1.29 is 9.84 Å². The van der Waals surface area contributed by atoms with Crippen molar-refractivity contribution in [1.82, 2.24) is 0 Å². The number of aliphatic hydroxyl groups excluding tert-OH is 1. The minimum Gasteiger partial charge on any atom is -0.394 e. The van der Waals surface area contributed by atoms with Crippen molar-refractivity contribution in [1.29, 1.82) is 0 Å². The zero-order valence-corrected chi connectivity index (χ0v) is 7.42. The van der Waals surface area contributed by atoms with Crippen LogP contribution in [0.3, 0.4) is 0 Å². The van der Waals surface area contributed by atoms with E-state index in [1.807, 2.05) is 13.8 Å². The molecular weight excluding hydrogens is 140 g/mol. The molecule has 1 rings (SSSR count). The van der Waals surface area contributed by atoms with Gasteiger partial charge in [0.05, 0.1) is 13.2 Å². The third-order valence-corrected chi connectivity index (χ3v) is 0.606. The molecule has 0 amide bonds. The standard InChI is InChI=1S/C3H6O2.2C3H6/c4-1-3-2-5-3;2*1-3-2/h3-4H,1-2H2;2*3H,1H2,2H3. The Bertz CT molecular complexity index is 79.6. The van der Waals surface area contributed by atoms with E-state index in [4.69, 9.17) is 5.11 Å². The SMILES string of the molecule is C=CC.C=CC.OCC1CO1. The van der Waals surface area contributed by atoms with Gasteiger partial charge >= 0.3 is 0 Å². The van der Waals surface area contributed by atoms with Gasteiger partial charge in [0.1, 0.15) is 6.10 Å². The number of hydrogen-bond donors (Lipinski definition) is 1. The van der Waals surface area contributed by atoms with Crippen molar-refractivity contribution in [2.75, 3.05) is 13.2 Å². The molecule has 0 spiro atoms. The number of epoxide rings is 1. The first-order valence-corrected chi connectivity index (χ1v) is 3.63. The van der Waals surface area contributed by atoms with Gasteiger partial charge in [0.25, 0.3) is 0 Å². The van der Waals surface area contributed by atoms with Crippen LogP contribution in [0.25, 0.3) is 0 Å². The minimum absolute atomic E-state index is 0.190. The van der Waals surface area contributed by atoms with E-state index in [9.17, 15) is 0 Å². The largest absolute Gasteiger partial charge is 0.394 e. The first-order chi connectivity index (χ1) is 5.26. The highest BCUT2D eigenvalue weighted by atomic mass is 16.6. The molecule has 66 valence electrons. The van der Waals surface area contributed by atoms with Gasteiger partial charge in [-0.2, -0.15) is 0 Å². The topological polar surface area (TPSA) is 32.8 Å². The molecule has 1 aliphatic rings. The maximum Gasteiger partial charge on any atom is 0.104 e. The summed E-state index contributed by atoms with van der Waals surface area (Å²) >= 11 is 0. The predicted octanol–water partition coefficient (Wildman–Crippen LogP) is 1.76. The van der Waals surface area contributed by atoms with E-state index in [0.717, 1.165) is 6.61 Å². The molecule has 2 heteroatoms. The molecule has 0 aromatic rings. The van der Waals surface area contributed by atoms with Crippen molar-refractivity contribution in [2.45, 2.75) is 20.0 Å². The van der Waals surface area contributed by atoms with Gasteiger partial charge in [-0.1, -0.05) is 12.2 Å². The molecule has 0 aliphatic carbocycles. The predicted molar refractivity (Wildman–Crippen MR) is 48.6 cm³/mol. The van der Waals surface area contributed by atoms with E-state index in [0.29, 0.717) is 0 Å². The molecule has 1 aliphatic heterocycles. The lowest BCUT2D eigenvalue weighted by Crippen LogP contribution is -1.88. The van der Waals surface area contributed by atoms with Gasteiger partial charge in [-0.3, -0.25) is 0 Å². The Balaban J connectivity index is 0. The van der Waals surface area contributed by atoms with Crippen LogP contribution in [-0.2, 0) is 4.74 Å². The van der Waals surface area contributed by atoms with Gasteiger partial charge in [-0.25, -0.2) is 0 Å². The highest BCUT2D eigenvalue weighted by Gasteiger charge is 2.19. The van der Waals surface area contributed by atoms with E-state index in [-0.39, 0.29) is 12.7 Å². The van der Waals surface area contributed by atoms with Crippen molar-refractivity contribution in [3.8, 4) is 0 Å². The Morgan fingerprint density at radius 2 is 1.73 bits per heavy atom. The van der Waals surface area contributed by atoms with Gasteiger partial charge in [0.15, 0.2) is 0 Å². The van der Waals surface area contributed by atoms with Crippen LogP contribution < -0.4 is 0 Å². The second kappa shape index (κ2) is 12.1. The summed E-state index contributed by atoms with van der Waals surface area (Å²) < 4.78 is 4.61. The molecule has 0 bridgehead atoms. The van der Waals surface area contributed by atoms with Crippen molar-refractivity contribution in [2.24, 2.45) is 0 Å². The van der Waals surface area contributed by atoms with Gasteiger partial charge in [-0.05, 0) is 13.8 Å². The van der Waals surface area contributed by atoms with E-state index in [1.165, 1.54) is 0 Å². The monoisotopic (exact) mass is 158 g/mol. The van der Waals surface area contributed by atoms with Crippen molar-refractivity contribution in [3.63, 3.8) is 0 Å². The fraction of sp³-hybridized carbons (Fsp3) is 0.556. The van der Waals surface area contributed by atoms with Crippen LogP contribution >= 0.6 is 0 Å². The molecule has 0 aromatic carbocycles. The summed E-state index contributed by atoms with van der Waals surface area (Å²) in [5.41, 5.74) is 0. The van der Waals surface area contributed by atoms with Crippen molar-refractivity contribution >= 4 is 0 Å². The lowest BCUT2D eigenvalue weighted by molar-refractivity contribution is 0.244. The fourth-order valence-electron chi connectivity index (χ4n) is 0.173. The summed E-state index contributed by atoms with van der Waals surface area (Å²) in [4.78, 5) is 0. The fourth-order valence-corrected chi connectivity index (χ4v) is 0.173. The molecule has 11 heavy (non-hydrogen) atoms. The normalized spacial score (nSPS) is 17.9. The quantitative estimate of drug-likeness (QED) is 0.466. The van der Waals surface area contributed by atoms with E-state index in [1.54, 1.807) is 12.2 Å². The summed E-state index contributed by atoms with van der Waals surface area (Å²) in [7, 11) is 0. The summed E-state index contributed by atoms with van der Waals surface area (Å²) in [5.74, 6) is 0. The number of ether oxygens (including phenoxy) is 1. The Labute approximate surface area is 69.2 Å². The number of allylic oxidation sites excluding steroid dienone is 2. The second-order valence-corrected chi connectivity index (χ2v) is 1.95. The van der Waals surface area contributed by atoms with Crippen LogP contribution in [0.2, 0.25) is 0 Å². The van der Waals surface area contributed by atoms with Gasteiger partial charge in [0, 0.05) is 0 Å². The molecule has 1 fully saturated rings. The van der Waals surface area contributed by atoms with Crippen molar-refractivity contribution in [3.05, 3.63) is 25.3 Å². The van der Waals surface area contributed by atoms with Crippen LogP contribution in [-0.4, -0.2) is 24.4 Å². The third-order valence-electron chi connectivity index (χ3n) is 0.606. The number of hydrogen-bond acceptors (Lipinski definition) is 2. The van der Waals surface area contributed by atoms with E-state index < -0.39 is 0 Å². The molecule has 1 atom stereocenters. The zero-order valence-electron chi connectivity index (χ0n) is 7.42. The lowest BCUT2D eigenvalue weighted by atomic mass is 10.5. The van der Waals surface area contributed by atoms with E-state index >= 15 is 0 Å². The average Bonchev–Trinajstić information content (AvgIpc) is 2.72. The summed E-state index contributed by atoms with van der Waals surface area (Å²) in [6, 6.07) is 0. The molecule has 0 saturated carbocycles. The van der Waals surface area contributed by atoms with Gasteiger partial charge < -0.3 is 9.84 Å². The van der Waals surface area contributed by atoms with Gasteiger partial charge in [0.2, 0.25) is 0 Å². The Morgan fingerprint density at radius 3 is 1.73 bits per heavy atom. The molecule has 0 aromatic heterocycles. The summed E-state index contributed by atoms with van der Waals surface area (Å²) in [6.45, 7) is 11.5. The molecule has 2 nitrogen and oxygen atoms in total. The number of rotatable bonds is 1. The maximum absolute atomic E-state index is 8.08. The Morgan fingerprint density at radius 1 is 1.45 bits per heavy atom. The first-order valence-electron chi connectivity index (χ1n) is 3.63. The number of aliphatic hydroxyl groups is 1. The van der Waals surface area contributed by atoms with E-state index in [2.05, 4.69) is 17.9 Å². The molecular formula is C9H18O2. The maximum atomic E-state index is 8.08. The summed E-state index contributed by atoms with van der Waals surface area (Å²) in [6.07, 6.45) is 3.69. The Kier molecular flexibility index (Phi) is 14.3. The minimum atomic E-state index is 0.190. The smallest absolute Gasteiger partial charge is 0.104 e. The molecule has 0 radical (unpaired) electrons. The molecule has 1 saturated heterocycles. The zero-order chi connectivity index (χ0) is 9.11. The first kappa shape index (κ1) is 13.0. The molecule has 1 heterocycles. The average molecular weight is 158 g/mol. The van der Waals surface area contributed by atoms with Crippen LogP contribution in [0.1, 0.15) is 13.8 Å². The Hall–Kier alpha value is -0.600. The van der Waals surface area contributed by atoms with Gasteiger partial charge in [-0.15, -0.1) is 13.2 Å². The van der Waals surface area contributed by atoms with Crippen LogP contribution in [0.4, 0.5) is 0 Å². The highest BCUT2D eigenvalue weighted by molar-refractivity contribution is 4.65. The highest BCUT2D eigenvalue weighted by Crippen LogP contribution is 2.04. The second-order valence-electron chi connectivity index (χ2n) is 1.95.